The molecule has 20 heavy (non-hydrogen) atoms. The predicted molar refractivity (Wildman–Crippen MR) is 82.8 cm³/mol. The monoisotopic (exact) mass is 288 g/mol. The van der Waals surface area contributed by atoms with Crippen LogP contribution in [0, 0.1) is 5.92 Å². The van der Waals surface area contributed by atoms with Crippen LogP contribution in [0.15, 0.2) is 35.7 Å². The summed E-state index contributed by atoms with van der Waals surface area (Å²) in [6.07, 6.45) is 2.26. The molecule has 1 aliphatic heterocycles. The maximum absolute atomic E-state index is 6.31. The molecule has 0 spiro atoms. The highest BCUT2D eigenvalue weighted by Gasteiger charge is 2.27. The summed E-state index contributed by atoms with van der Waals surface area (Å²) in [6.45, 7) is 2.91. The minimum absolute atomic E-state index is 0.148. The van der Waals surface area contributed by atoms with Crippen molar-refractivity contribution in [3.8, 4) is 11.3 Å². The van der Waals surface area contributed by atoms with E-state index in [2.05, 4.69) is 24.4 Å². The van der Waals surface area contributed by atoms with Gasteiger partial charge in [0.15, 0.2) is 0 Å². The zero-order chi connectivity index (χ0) is 13.9. The normalized spacial score (nSPS) is 23.9. The van der Waals surface area contributed by atoms with Crippen LogP contribution in [-0.2, 0) is 11.2 Å². The zero-order valence-corrected chi connectivity index (χ0v) is 12.5. The first-order valence-corrected chi connectivity index (χ1v) is 7.97. The summed E-state index contributed by atoms with van der Waals surface area (Å²) in [5.41, 5.74) is 8.53. The van der Waals surface area contributed by atoms with Crippen molar-refractivity contribution in [2.24, 2.45) is 11.7 Å². The highest BCUT2D eigenvalue weighted by atomic mass is 32.1. The Morgan fingerprint density at radius 2 is 2.20 bits per heavy atom. The summed E-state index contributed by atoms with van der Waals surface area (Å²) in [4.78, 5) is 4.71. The van der Waals surface area contributed by atoms with Gasteiger partial charge >= 0.3 is 0 Å². The van der Waals surface area contributed by atoms with Crippen LogP contribution in [-0.4, -0.2) is 23.7 Å². The molecule has 2 aromatic rings. The maximum atomic E-state index is 6.31. The molecule has 1 aromatic heterocycles. The Balaban J connectivity index is 1.65. The number of benzene rings is 1. The third-order valence-corrected chi connectivity index (χ3v) is 4.74. The van der Waals surface area contributed by atoms with Gasteiger partial charge in [0.05, 0.1) is 23.4 Å². The van der Waals surface area contributed by atoms with Crippen molar-refractivity contribution in [2.45, 2.75) is 31.9 Å². The Morgan fingerprint density at radius 1 is 1.40 bits per heavy atom. The lowest BCUT2D eigenvalue weighted by atomic mass is 9.95. The van der Waals surface area contributed by atoms with Crippen molar-refractivity contribution >= 4 is 11.3 Å². The van der Waals surface area contributed by atoms with Crippen molar-refractivity contribution in [3.05, 3.63) is 40.7 Å². The lowest BCUT2D eigenvalue weighted by molar-refractivity contribution is 0.118. The lowest BCUT2D eigenvalue weighted by Gasteiger charge is -2.16. The van der Waals surface area contributed by atoms with Gasteiger partial charge in [0.25, 0.3) is 0 Å². The topological polar surface area (TPSA) is 48.1 Å². The standard InChI is InChI=1S/C16H20N2OS/c1-11-7-13(9-19-11)14(17)8-16-18-15(10-20-16)12-5-3-2-4-6-12/h2-6,10-11,13-14H,7-9,17H2,1H3. The van der Waals surface area contributed by atoms with E-state index in [1.165, 1.54) is 5.56 Å². The van der Waals surface area contributed by atoms with E-state index in [0.717, 1.165) is 30.2 Å². The van der Waals surface area contributed by atoms with Crippen molar-refractivity contribution in [1.29, 1.82) is 0 Å². The molecular weight excluding hydrogens is 268 g/mol. The average Bonchev–Trinajstić information content (AvgIpc) is 3.09. The quantitative estimate of drug-likeness (QED) is 0.940. The number of rotatable bonds is 4. The molecule has 0 bridgehead atoms. The Labute approximate surface area is 123 Å². The van der Waals surface area contributed by atoms with E-state index in [4.69, 9.17) is 15.5 Å². The molecule has 1 saturated heterocycles. The van der Waals surface area contributed by atoms with Gasteiger partial charge in [0.2, 0.25) is 0 Å². The van der Waals surface area contributed by atoms with E-state index in [9.17, 15) is 0 Å². The fourth-order valence-corrected chi connectivity index (χ4v) is 3.54. The van der Waals surface area contributed by atoms with Crippen LogP contribution in [0.3, 0.4) is 0 Å². The van der Waals surface area contributed by atoms with E-state index in [-0.39, 0.29) is 6.04 Å². The smallest absolute Gasteiger partial charge is 0.0948 e. The van der Waals surface area contributed by atoms with Crippen LogP contribution in [0.5, 0.6) is 0 Å². The van der Waals surface area contributed by atoms with E-state index in [1.54, 1.807) is 11.3 Å². The molecule has 3 unspecified atom stereocenters. The van der Waals surface area contributed by atoms with Gasteiger partial charge in [-0.1, -0.05) is 30.3 Å². The van der Waals surface area contributed by atoms with Gasteiger partial charge in [-0.2, -0.15) is 0 Å². The first-order chi connectivity index (χ1) is 9.72. The second-order valence-corrected chi connectivity index (χ2v) is 6.44. The molecule has 1 fully saturated rings. The number of nitrogens with two attached hydrogens (primary N) is 1. The molecule has 106 valence electrons. The molecule has 4 heteroatoms. The Kier molecular flexibility index (Phi) is 4.15. The van der Waals surface area contributed by atoms with Gasteiger partial charge in [-0.25, -0.2) is 4.98 Å². The summed E-state index contributed by atoms with van der Waals surface area (Å²) >= 11 is 1.70. The van der Waals surface area contributed by atoms with Gasteiger partial charge in [-0.05, 0) is 13.3 Å². The molecule has 0 saturated carbocycles. The summed E-state index contributed by atoms with van der Waals surface area (Å²) in [5.74, 6) is 0.467. The van der Waals surface area contributed by atoms with Gasteiger partial charge < -0.3 is 10.5 Å². The summed E-state index contributed by atoms with van der Waals surface area (Å²) in [7, 11) is 0. The predicted octanol–water partition coefficient (Wildman–Crippen LogP) is 3.10. The molecule has 1 aliphatic rings. The minimum Gasteiger partial charge on any atom is -0.378 e. The Bertz CT molecular complexity index is 555. The highest BCUT2D eigenvalue weighted by molar-refractivity contribution is 7.09. The van der Waals surface area contributed by atoms with Crippen LogP contribution in [0.25, 0.3) is 11.3 Å². The van der Waals surface area contributed by atoms with E-state index in [1.807, 2.05) is 18.2 Å². The second-order valence-electron chi connectivity index (χ2n) is 5.50. The SMILES string of the molecule is CC1CC(C(N)Cc2nc(-c3ccccc3)cs2)CO1. The van der Waals surface area contributed by atoms with Crippen LogP contribution in [0.4, 0.5) is 0 Å². The Hall–Kier alpha value is -1.23. The largest absolute Gasteiger partial charge is 0.378 e. The third-order valence-electron chi connectivity index (χ3n) is 3.87. The maximum Gasteiger partial charge on any atom is 0.0948 e. The summed E-state index contributed by atoms with van der Waals surface area (Å²) in [5, 5.41) is 3.24. The van der Waals surface area contributed by atoms with Crippen molar-refractivity contribution in [3.63, 3.8) is 0 Å². The molecular formula is C16H20N2OS. The fraction of sp³-hybridized carbons (Fsp3) is 0.438. The number of hydrogen-bond acceptors (Lipinski definition) is 4. The molecule has 0 aliphatic carbocycles. The lowest BCUT2D eigenvalue weighted by Crippen LogP contribution is -2.32. The Morgan fingerprint density at radius 3 is 2.90 bits per heavy atom. The minimum atomic E-state index is 0.148. The second kappa shape index (κ2) is 6.04. The number of hydrogen-bond donors (Lipinski definition) is 1. The van der Waals surface area contributed by atoms with Gasteiger partial charge in [0.1, 0.15) is 0 Å². The van der Waals surface area contributed by atoms with Crippen LogP contribution >= 0.6 is 11.3 Å². The van der Waals surface area contributed by atoms with Gasteiger partial charge in [0, 0.05) is 29.3 Å². The van der Waals surface area contributed by atoms with Crippen molar-refractivity contribution in [1.82, 2.24) is 4.98 Å². The van der Waals surface area contributed by atoms with Crippen LogP contribution < -0.4 is 5.73 Å². The van der Waals surface area contributed by atoms with Gasteiger partial charge in [-0.15, -0.1) is 11.3 Å². The van der Waals surface area contributed by atoms with E-state index < -0.39 is 0 Å². The summed E-state index contributed by atoms with van der Waals surface area (Å²) in [6, 6.07) is 10.4. The first-order valence-electron chi connectivity index (χ1n) is 7.09. The number of nitrogens with zero attached hydrogens (tertiary/aromatic N) is 1. The molecule has 2 N–H and O–H groups in total. The number of ether oxygens (including phenoxy) is 1. The molecule has 0 amide bonds. The highest BCUT2D eigenvalue weighted by Crippen LogP contribution is 2.26. The molecule has 3 nitrogen and oxygen atoms in total. The van der Waals surface area contributed by atoms with Crippen LogP contribution in [0.2, 0.25) is 0 Å². The molecule has 3 rings (SSSR count). The molecule has 0 radical (unpaired) electrons. The van der Waals surface area contributed by atoms with Crippen molar-refractivity contribution in [2.75, 3.05) is 6.61 Å². The van der Waals surface area contributed by atoms with Gasteiger partial charge in [-0.3, -0.25) is 0 Å². The molecule has 1 aromatic carbocycles. The average molecular weight is 288 g/mol. The van der Waals surface area contributed by atoms with E-state index >= 15 is 0 Å². The van der Waals surface area contributed by atoms with E-state index in [0.29, 0.717) is 12.0 Å². The fourth-order valence-electron chi connectivity index (χ4n) is 2.66. The van der Waals surface area contributed by atoms with Crippen LogP contribution in [0.1, 0.15) is 18.4 Å². The third kappa shape index (κ3) is 3.08. The molecule has 2 heterocycles. The first kappa shape index (κ1) is 13.7. The zero-order valence-electron chi connectivity index (χ0n) is 11.7. The van der Waals surface area contributed by atoms with Crippen molar-refractivity contribution < 1.29 is 4.74 Å². The molecule has 3 atom stereocenters. The number of thiazole rings is 1. The number of aromatic nitrogens is 1. The summed E-state index contributed by atoms with van der Waals surface area (Å²) < 4.78 is 5.60.